The monoisotopic (exact) mass is 499 g/mol. The molecule has 2 aliphatic carbocycles. The smallest absolute Gasteiger partial charge is 0.387 e. The summed E-state index contributed by atoms with van der Waals surface area (Å²) < 4.78 is 34.7. The Morgan fingerprint density at radius 3 is 2.50 bits per heavy atom. The average Bonchev–Trinajstić information content (AvgIpc) is 2.82. The van der Waals surface area contributed by atoms with Gasteiger partial charge in [0.1, 0.15) is 11.5 Å². The van der Waals surface area contributed by atoms with E-state index in [2.05, 4.69) is 15.4 Å². The maximum absolute atomic E-state index is 13.2. The van der Waals surface area contributed by atoms with Gasteiger partial charge < -0.3 is 25.0 Å². The predicted molar refractivity (Wildman–Crippen MR) is 130 cm³/mol. The lowest BCUT2D eigenvalue weighted by atomic mass is 9.49. The van der Waals surface area contributed by atoms with E-state index >= 15 is 0 Å². The Morgan fingerprint density at radius 2 is 1.81 bits per heavy atom. The number of carbonyl (C=O) groups excluding carboxylic acids is 2. The Balaban J connectivity index is 1.07. The molecule has 192 valence electrons. The van der Waals surface area contributed by atoms with Gasteiger partial charge in [-0.3, -0.25) is 4.79 Å². The van der Waals surface area contributed by atoms with E-state index in [0.29, 0.717) is 13.1 Å². The van der Waals surface area contributed by atoms with Crippen molar-refractivity contribution in [3.63, 3.8) is 0 Å². The average molecular weight is 500 g/mol. The number of fused-ring (bicyclic) bond motifs is 1. The molecule has 1 spiro atoms. The topological polar surface area (TPSA) is 79.9 Å². The van der Waals surface area contributed by atoms with Crippen LogP contribution < -0.4 is 25.0 Å². The SMILES string of the molecule is COc1ccc(CNC(=O)NC2CC3(C2)CC(C(=O)N2CCCc4cc(OC(F)F)ccc42)C3)cc1. The van der Waals surface area contributed by atoms with E-state index < -0.39 is 6.61 Å². The Hall–Kier alpha value is -3.36. The Kier molecular flexibility index (Phi) is 6.73. The molecule has 7 nitrogen and oxygen atoms in total. The first-order valence-electron chi connectivity index (χ1n) is 12.4. The van der Waals surface area contributed by atoms with E-state index in [1.54, 1.807) is 19.2 Å². The number of methoxy groups -OCH3 is 1. The third-order valence-corrected chi connectivity index (χ3v) is 7.68. The van der Waals surface area contributed by atoms with Crippen LogP contribution in [0.15, 0.2) is 42.5 Å². The van der Waals surface area contributed by atoms with Crippen LogP contribution in [-0.2, 0) is 17.8 Å². The molecule has 3 amide bonds. The van der Waals surface area contributed by atoms with E-state index in [-0.39, 0.29) is 35.1 Å². The summed E-state index contributed by atoms with van der Waals surface area (Å²) in [6.45, 7) is -1.78. The Morgan fingerprint density at radius 1 is 1.08 bits per heavy atom. The van der Waals surface area contributed by atoms with Gasteiger partial charge in [0.25, 0.3) is 0 Å². The quantitative estimate of drug-likeness (QED) is 0.582. The number of halogens is 2. The zero-order chi connectivity index (χ0) is 25.3. The molecule has 0 bridgehead atoms. The lowest BCUT2D eigenvalue weighted by Gasteiger charge is -2.57. The number of carbonyl (C=O) groups is 2. The number of aryl methyl sites for hydroxylation is 1. The summed E-state index contributed by atoms with van der Waals surface area (Å²) in [5.41, 5.74) is 2.81. The number of nitrogens with zero attached hydrogens (tertiary/aromatic N) is 1. The Labute approximate surface area is 209 Å². The number of urea groups is 1. The van der Waals surface area contributed by atoms with Crippen LogP contribution in [0.1, 0.15) is 43.2 Å². The van der Waals surface area contributed by atoms with Crippen LogP contribution in [0, 0.1) is 11.3 Å². The first-order chi connectivity index (χ1) is 17.3. The van der Waals surface area contributed by atoms with Crippen molar-refractivity contribution in [1.29, 1.82) is 0 Å². The fourth-order valence-corrected chi connectivity index (χ4v) is 5.94. The fourth-order valence-electron chi connectivity index (χ4n) is 5.94. The Bertz CT molecular complexity index is 1110. The molecule has 1 aliphatic heterocycles. The molecule has 0 aromatic heterocycles. The molecule has 36 heavy (non-hydrogen) atoms. The minimum Gasteiger partial charge on any atom is -0.497 e. The van der Waals surface area contributed by atoms with Gasteiger partial charge in [-0.1, -0.05) is 12.1 Å². The van der Waals surface area contributed by atoms with E-state index in [9.17, 15) is 18.4 Å². The largest absolute Gasteiger partial charge is 0.497 e. The first kappa shape index (κ1) is 24.3. The molecule has 0 atom stereocenters. The normalized spacial score (nSPS) is 24.4. The number of amides is 3. The van der Waals surface area contributed by atoms with Crippen LogP contribution in [0.2, 0.25) is 0 Å². The van der Waals surface area contributed by atoms with Gasteiger partial charge in [-0.25, -0.2) is 4.79 Å². The van der Waals surface area contributed by atoms with Gasteiger partial charge in [0.05, 0.1) is 7.11 Å². The third-order valence-electron chi connectivity index (χ3n) is 7.68. The highest BCUT2D eigenvalue weighted by atomic mass is 19.3. The van der Waals surface area contributed by atoms with Crippen LogP contribution in [0.3, 0.4) is 0 Å². The molecule has 2 N–H and O–H groups in total. The maximum Gasteiger partial charge on any atom is 0.387 e. The van der Waals surface area contributed by atoms with Crippen molar-refractivity contribution in [2.24, 2.45) is 11.3 Å². The summed E-state index contributed by atoms with van der Waals surface area (Å²) in [6.07, 6.45) is 4.97. The minimum atomic E-state index is -2.86. The molecule has 2 aromatic carbocycles. The van der Waals surface area contributed by atoms with Crippen molar-refractivity contribution in [3.8, 4) is 11.5 Å². The number of anilines is 1. The summed E-state index contributed by atoms with van der Waals surface area (Å²) >= 11 is 0. The molecule has 5 rings (SSSR count). The zero-order valence-electron chi connectivity index (χ0n) is 20.3. The molecule has 0 unspecified atom stereocenters. The van der Waals surface area contributed by atoms with Crippen LogP contribution in [-0.4, -0.2) is 38.2 Å². The van der Waals surface area contributed by atoms with Crippen molar-refractivity contribution in [2.75, 3.05) is 18.6 Å². The van der Waals surface area contributed by atoms with E-state index in [4.69, 9.17) is 4.74 Å². The number of alkyl halides is 2. The van der Waals surface area contributed by atoms with Gasteiger partial charge in [0.15, 0.2) is 0 Å². The lowest BCUT2D eigenvalue weighted by molar-refractivity contribution is -0.135. The number of hydrogen-bond donors (Lipinski definition) is 2. The van der Waals surface area contributed by atoms with Crippen molar-refractivity contribution in [3.05, 3.63) is 53.6 Å². The van der Waals surface area contributed by atoms with Crippen LogP contribution in [0.5, 0.6) is 11.5 Å². The zero-order valence-corrected chi connectivity index (χ0v) is 20.3. The molecule has 0 saturated heterocycles. The third kappa shape index (κ3) is 5.10. The van der Waals surface area contributed by atoms with Gasteiger partial charge in [-0.15, -0.1) is 0 Å². The number of benzene rings is 2. The molecule has 0 radical (unpaired) electrons. The van der Waals surface area contributed by atoms with E-state index in [1.807, 2.05) is 29.2 Å². The number of hydrogen-bond acceptors (Lipinski definition) is 4. The summed E-state index contributed by atoms with van der Waals surface area (Å²) in [7, 11) is 1.62. The highest BCUT2D eigenvalue weighted by Crippen LogP contribution is 2.59. The molecular formula is C27H31F2N3O4. The standard InChI is InChI=1S/C27H31F2N3O4/c1-35-21-6-4-17(5-7-21)16-30-26(34)31-20-14-27(15-20)12-19(13-27)24(33)32-10-2-3-18-11-22(36-25(28)29)8-9-23(18)32/h4-9,11,19-20,25H,2-3,10,12-16H2,1H3,(H2,30,31,34). The summed E-state index contributed by atoms with van der Waals surface area (Å²) in [5, 5.41) is 5.93. The summed E-state index contributed by atoms with van der Waals surface area (Å²) in [5.74, 6) is 0.982. The fraction of sp³-hybridized carbons (Fsp3) is 0.481. The molecular weight excluding hydrogens is 468 g/mol. The lowest BCUT2D eigenvalue weighted by Crippen LogP contribution is -2.59. The van der Waals surface area contributed by atoms with E-state index in [0.717, 1.165) is 61.1 Å². The van der Waals surface area contributed by atoms with Crippen molar-refractivity contribution >= 4 is 17.6 Å². The number of nitrogens with one attached hydrogen (secondary N) is 2. The second-order valence-electron chi connectivity index (χ2n) is 10.1. The van der Waals surface area contributed by atoms with Crippen LogP contribution in [0.4, 0.5) is 19.3 Å². The van der Waals surface area contributed by atoms with Crippen molar-refractivity contribution in [1.82, 2.24) is 10.6 Å². The van der Waals surface area contributed by atoms with Gasteiger partial charge in [-0.05, 0) is 85.4 Å². The van der Waals surface area contributed by atoms with E-state index in [1.165, 1.54) is 6.07 Å². The van der Waals surface area contributed by atoms with Gasteiger partial charge >= 0.3 is 12.6 Å². The van der Waals surface area contributed by atoms with Gasteiger partial charge in [0, 0.05) is 30.7 Å². The predicted octanol–water partition coefficient (Wildman–Crippen LogP) is 4.63. The summed E-state index contributed by atoms with van der Waals surface area (Å²) in [4.78, 5) is 27.3. The van der Waals surface area contributed by atoms with Crippen LogP contribution in [0.25, 0.3) is 0 Å². The highest BCUT2D eigenvalue weighted by molar-refractivity contribution is 5.97. The maximum atomic E-state index is 13.2. The molecule has 9 heteroatoms. The highest BCUT2D eigenvalue weighted by Gasteiger charge is 2.55. The molecule has 3 aliphatic rings. The van der Waals surface area contributed by atoms with Crippen molar-refractivity contribution in [2.45, 2.75) is 57.7 Å². The van der Waals surface area contributed by atoms with Gasteiger partial charge in [0.2, 0.25) is 5.91 Å². The summed E-state index contributed by atoms with van der Waals surface area (Å²) in [6, 6.07) is 12.3. The molecule has 2 saturated carbocycles. The molecule has 2 fully saturated rings. The van der Waals surface area contributed by atoms with Gasteiger partial charge in [-0.2, -0.15) is 8.78 Å². The number of rotatable bonds is 7. The second kappa shape index (κ2) is 9.95. The minimum absolute atomic E-state index is 0.0298. The van der Waals surface area contributed by atoms with Crippen LogP contribution >= 0.6 is 0 Å². The first-order valence-corrected chi connectivity index (χ1v) is 12.4. The molecule has 1 heterocycles. The second-order valence-corrected chi connectivity index (χ2v) is 10.1. The number of ether oxygens (including phenoxy) is 2. The molecule has 2 aromatic rings. The van der Waals surface area contributed by atoms with Crippen molar-refractivity contribution < 1.29 is 27.8 Å².